The molecular formula is C31H35NO10. The normalized spacial score (nSPS) is 28.8. The number of benzene rings is 3. The summed E-state index contributed by atoms with van der Waals surface area (Å²) in [6.45, 7) is 0.103. The van der Waals surface area contributed by atoms with Gasteiger partial charge in [0.25, 0.3) is 0 Å². The highest BCUT2D eigenvalue weighted by Gasteiger charge is 2.45. The van der Waals surface area contributed by atoms with Gasteiger partial charge in [-0.1, -0.05) is 12.1 Å². The molecule has 7 N–H and O–H groups in total. The number of nitrogens with zero attached hydrogens (tertiary/aromatic N) is 1. The molecule has 3 heterocycles. The first-order chi connectivity index (χ1) is 20.2. The number of phenolic OH excluding ortho intramolecular Hbond substituents is 3. The summed E-state index contributed by atoms with van der Waals surface area (Å²) in [6.07, 6.45) is -5.52. The third kappa shape index (κ3) is 5.02. The van der Waals surface area contributed by atoms with Crippen molar-refractivity contribution in [3.05, 3.63) is 76.3 Å². The van der Waals surface area contributed by atoms with Crippen molar-refractivity contribution < 1.29 is 50.0 Å². The first-order valence-electron chi connectivity index (χ1n) is 13.9. The molecule has 0 spiro atoms. The number of ether oxygens (including phenoxy) is 3. The monoisotopic (exact) mass is 581 g/mol. The number of fused-ring (bicyclic) bond motifs is 4. The van der Waals surface area contributed by atoms with E-state index < -0.39 is 37.3 Å². The van der Waals surface area contributed by atoms with E-state index in [1.54, 1.807) is 30.3 Å². The maximum Gasteiger partial charge on any atom is 0.229 e. The second-order valence-corrected chi connectivity index (χ2v) is 11.2. The second kappa shape index (κ2) is 11.3. The van der Waals surface area contributed by atoms with Crippen LogP contribution < -0.4 is 9.47 Å². The second-order valence-electron chi connectivity index (χ2n) is 11.2. The largest absolute Gasteiger partial charge is 0.508 e. The lowest BCUT2D eigenvalue weighted by molar-refractivity contribution is -0.277. The van der Waals surface area contributed by atoms with E-state index in [-0.39, 0.29) is 35.1 Å². The van der Waals surface area contributed by atoms with Crippen molar-refractivity contribution in [3.8, 4) is 28.7 Å². The van der Waals surface area contributed by atoms with Gasteiger partial charge in [-0.05, 0) is 83.5 Å². The van der Waals surface area contributed by atoms with Crippen molar-refractivity contribution in [3.63, 3.8) is 0 Å². The van der Waals surface area contributed by atoms with Crippen LogP contribution in [-0.4, -0.2) is 91.6 Å². The molecule has 7 atom stereocenters. The molecule has 0 amide bonds. The average Bonchev–Trinajstić information content (AvgIpc) is 2.98. The highest BCUT2D eigenvalue weighted by atomic mass is 16.7. The minimum Gasteiger partial charge on any atom is -0.508 e. The summed E-state index contributed by atoms with van der Waals surface area (Å²) in [5, 5.41) is 71.7. The lowest BCUT2D eigenvalue weighted by Crippen LogP contribution is -2.60. The van der Waals surface area contributed by atoms with Crippen LogP contribution in [0.1, 0.15) is 39.9 Å². The molecule has 1 fully saturated rings. The summed E-state index contributed by atoms with van der Waals surface area (Å²) in [7, 11) is 1.51. The molecule has 1 saturated heterocycles. The van der Waals surface area contributed by atoms with Crippen LogP contribution in [0.15, 0.2) is 48.5 Å². The Balaban J connectivity index is 1.39. The summed E-state index contributed by atoms with van der Waals surface area (Å²) in [4.78, 5) is 2.38. The van der Waals surface area contributed by atoms with E-state index in [1.807, 2.05) is 18.2 Å². The van der Waals surface area contributed by atoms with E-state index in [4.69, 9.17) is 14.2 Å². The van der Waals surface area contributed by atoms with Crippen LogP contribution in [0, 0.1) is 0 Å². The van der Waals surface area contributed by atoms with E-state index in [9.17, 15) is 35.7 Å². The first-order valence-corrected chi connectivity index (χ1v) is 13.9. The Labute approximate surface area is 242 Å². The molecule has 0 radical (unpaired) electrons. The minimum atomic E-state index is -1.62. The van der Waals surface area contributed by atoms with Gasteiger partial charge in [-0.2, -0.15) is 0 Å². The van der Waals surface area contributed by atoms with Gasteiger partial charge in [0, 0.05) is 18.6 Å². The summed E-state index contributed by atoms with van der Waals surface area (Å²) < 4.78 is 16.8. The molecule has 11 heteroatoms. The van der Waals surface area contributed by atoms with Gasteiger partial charge in [-0.3, -0.25) is 4.90 Å². The molecule has 6 rings (SSSR count). The van der Waals surface area contributed by atoms with Gasteiger partial charge in [-0.15, -0.1) is 0 Å². The lowest BCUT2D eigenvalue weighted by Gasteiger charge is -2.47. The zero-order valence-electron chi connectivity index (χ0n) is 23.0. The van der Waals surface area contributed by atoms with Crippen LogP contribution in [-0.2, 0) is 24.0 Å². The number of aliphatic hydroxyl groups excluding tert-OH is 4. The van der Waals surface area contributed by atoms with Crippen LogP contribution in [0.5, 0.6) is 28.7 Å². The SMILES string of the molecule is COc1cc2c(cc1O)CCN1[C@H](Cc3ccc(O)cc3)c3cc(O[C@@H]4O[C@@H](CO)[C@H](O)[C@H](O)[C@@H]4O)c(O)cc3C[C@@H]21. The number of aliphatic hydroxyl groups is 4. The van der Waals surface area contributed by atoms with Crippen molar-refractivity contribution in [1.82, 2.24) is 4.90 Å². The highest BCUT2D eigenvalue weighted by Crippen LogP contribution is 2.49. The molecule has 0 aliphatic carbocycles. The topological polar surface area (TPSA) is 173 Å². The van der Waals surface area contributed by atoms with Crippen molar-refractivity contribution in [1.29, 1.82) is 0 Å². The predicted molar refractivity (Wildman–Crippen MR) is 149 cm³/mol. The first kappa shape index (κ1) is 28.5. The number of hydrogen-bond acceptors (Lipinski definition) is 11. The summed E-state index contributed by atoms with van der Waals surface area (Å²) in [6, 6.07) is 13.7. The molecule has 3 aromatic rings. The molecule has 0 unspecified atom stereocenters. The average molecular weight is 582 g/mol. The molecule has 0 saturated carbocycles. The Bertz CT molecular complexity index is 1440. The van der Waals surface area contributed by atoms with Gasteiger partial charge < -0.3 is 50.0 Å². The minimum absolute atomic E-state index is 0.0243. The number of hydrogen-bond donors (Lipinski definition) is 7. The van der Waals surface area contributed by atoms with Crippen molar-refractivity contribution in [2.45, 2.75) is 62.1 Å². The van der Waals surface area contributed by atoms with Crippen molar-refractivity contribution in [2.75, 3.05) is 20.3 Å². The number of methoxy groups -OCH3 is 1. The van der Waals surface area contributed by atoms with Crippen LogP contribution >= 0.6 is 0 Å². The van der Waals surface area contributed by atoms with Gasteiger partial charge in [0.1, 0.15) is 30.2 Å². The van der Waals surface area contributed by atoms with E-state index in [0.29, 0.717) is 31.6 Å². The lowest BCUT2D eigenvalue weighted by atomic mass is 9.79. The fourth-order valence-corrected chi connectivity index (χ4v) is 6.47. The van der Waals surface area contributed by atoms with Crippen LogP contribution in [0.4, 0.5) is 0 Å². The summed E-state index contributed by atoms with van der Waals surface area (Å²) in [5.74, 6) is 0.481. The zero-order valence-corrected chi connectivity index (χ0v) is 23.0. The molecular weight excluding hydrogens is 546 g/mol. The van der Waals surface area contributed by atoms with Crippen LogP contribution in [0.3, 0.4) is 0 Å². The van der Waals surface area contributed by atoms with Crippen molar-refractivity contribution >= 4 is 0 Å². The van der Waals surface area contributed by atoms with Crippen LogP contribution in [0.2, 0.25) is 0 Å². The standard InChI is InChI=1S/C31H35NO10/c1-40-25-12-19-16(10-23(25)35)6-7-32-21(8-15-2-4-18(34)5-3-15)20-13-26(24(36)11-17(20)9-22(19)32)41-31-30(39)29(38)28(37)27(14-33)42-31/h2-5,10-13,21-22,27-31,33-39H,6-9,14H2,1H3/t21-,22+,27+,28+,29+,30+,31-/m1/s1. The quantitative estimate of drug-likeness (QED) is 0.225. The molecule has 224 valence electrons. The zero-order chi connectivity index (χ0) is 29.7. The molecule has 3 aliphatic heterocycles. The molecule has 11 nitrogen and oxygen atoms in total. The molecule has 42 heavy (non-hydrogen) atoms. The Hall–Kier alpha value is -3.58. The number of rotatable bonds is 6. The van der Waals surface area contributed by atoms with Gasteiger partial charge >= 0.3 is 0 Å². The Morgan fingerprint density at radius 1 is 0.857 bits per heavy atom. The third-order valence-corrected chi connectivity index (χ3v) is 8.69. The molecule has 3 aliphatic rings. The Morgan fingerprint density at radius 3 is 2.26 bits per heavy atom. The number of aromatic hydroxyl groups is 3. The molecule has 3 aromatic carbocycles. The van der Waals surface area contributed by atoms with Gasteiger partial charge in [-0.25, -0.2) is 0 Å². The van der Waals surface area contributed by atoms with E-state index in [2.05, 4.69) is 4.90 Å². The van der Waals surface area contributed by atoms with Gasteiger partial charge in [0.15, 0.2) is 23.0 Å². The summed E-state index contributed by atoms with van der Waals surface area (Å²) in [5.41, 5.74) is 4.85. The van der Waals surface area contributed by atoms with E-state index in [0.717, 1.165) is 27.8 Å². The maximum atomic E-state index is 11.0. The Kier molecular flexibility index (Phi) is 7.64. The maximum absolute atomic E-state index is 11.0. The molecule has 0 bridgehead atoms. The van der Waals surface area contributed by atoms with Crippen molar-refractivity contribution in [2.24, 2.45) is 0 Å². The predicted octanol–water partition coefficient (Wildman–Crippen LogP) is 1.43. The van der Waals surface area contributed by atoms with Gasteiger partial charge in [0.2, 0.25) is 6.29 Å². The fraction of sp³-hybridized carbons (Fsp3) is 0.419. The van der Waals surface area contributed by atoms with E-state index in [1.165, 1.54) is 7.11 Å². The van der Waals surface area contributed by atoms with Gasteiger partial charge in [0.05, 0.1) is 13.7 Å². The Morgan fingerprint density at radius 2 is 1.55 bits per heavy atom. The smallest absolute Gasteiger partial charge is 0.229 e. The third-order valence-electron chi connectivity index (χ3n) is 8.69. The summed E-state index contributed by atoms with van der Waals surface area (Å²) >= 11 is 0. The fourth-order valence-electron chi connectivity index (χ4n) is 6.47. The highest BCUT2D eigenvalue weighted by molar-refractivity contribution is 5.53. The van der Waals surface area contributed by atoms with Crippen LogP contribution in [0.25, 0.3) is 0 Å². The van der Waals surface area contributed by atoms with E-state index >= 15 is 0 Å². The molecule has 0 aromatic heterocycles. The number of phenols is 3.